The summed E-state index contributed by atoms with van der Waals surface area (Å²) in [7, 11) is 3.22. The first-order valence-corrected chi connectivity index (χ1v) is 8.66. The number of hydrogen-bond donors (Lipinski definition) is 0. The van der Waals surface area contributed by atoms with Crippen molar-refractivity contribution >= 4 is 5.97 Å². The molecule has 1 aliphatic rings. The molecule has 0 N–H and O–H groups in total. The minimum Gasteiger partial charge on any atom is -0.493 e. The normalized spacial score (nSPS) is 16.0. The van der Waals surface area contributed by atoms with Gasteiger partial charge >= 0.3 is 5.97 Å². The van der Waals surface area contributed by atoms with E-state index in [9.17, 15) is 4.79 Å². The van der Waals surface area contributed by atoms with Crippen molar-refractivity contribution in [2.45, 2.75) is 38.2 Å². The molecule has 2 aromatic rings. The molecule has 0 fully saturated rings. The van der Waals surface area contributed by atoms with E-state index in [1.165, 1.54) is 11.1 Å². The van der Waals surface area contributed by atoms with Gasteiger partial charge < -0.3 is 14.2 Å². The minimum absolute atomic E-state index is 0.00666. The van der Waals surface area contributed by atoms with Crippen LogP contribution in [0.2, 0.25) is 0 Å². The Morgan fingerprint density at radius 3 is 2.56 bits per heavy atom. The van der Waals surface area contributed by atoms with Gasteiger partial charge in [0.15, 0.2) is 11.5 Å². The highest BCUT2D eigenvalue weighted by molar-refractivity contribution is 5.70. The molecular formula is C21H24O4. The molecule has 0 heterocycles. The average molecular weight is 340 g/mol. The number of rotatable bonds is 6. The Kier molecular flexibility index (Phi) is 5.59. The Balaban J connectivity index is 1.52. The molecule has 1 aliphatic carbocycles. The van der Waals surface area contributed by atoms with Gasteiger partial charge in [-0.25, -0.2) is 0 Å². The smallest absolute Gasteiger partial charge is 0.306 e. The summed E-state index contributed by atoms with van der Waals surface area (Å²) < 4.78 is 16.2. The van der Waals surface area contributed by atoms with Gasteiger partial charge in [0.1, 0.15) is 6.10 Å². The molecule has 4 heteroatoms. The average Bonchev–Trinajstić information content (AvgIpc) is 2.66. The highest BCUT2D eigenvalue weighted by atomic mass is 16.5. The molecule has 1 atom stereocenters. The Morgan fingerprint density at radius 1 is 1.04 bits per heavy atom. The van der Waals surface area contributed by atoms with Crippen molar-refractivity contribution in [2.24, 2.45) is 0 Å². The van der Waals surface area contributed by atoms with Crippen molar-refractivity contribution in [1.29, 1.82) is 0 Å². The van der Waals surface area contributed by atoms with Crippen LogP contribution in [0.25, 0.3) is 0 Å². The van der Waals surface area contributed by atoms with Crippen molar-refractivity contribution in [3.05, 3.63) is 59.2 Å². The lowest BCUT2D eigenvalue weighted by Gasteiger charge is -2.24. The lowest BCUT2D eigenvalue weighted by Crippen LogP contribution is -2.25. The van der Waals surface area contributed by atoms with E-state index in [4.69, 9.17) is 14.2 Å². The van der Waals surface area contributed by atoms with Crippen LogP contribution in [0.5, 0.6) is 11.5 Å². The second kappa shape index (κ2) is 8.06. The maximum absolute atomic E-state index is 12.2. The fourth-order valence-electron chi connectivity index (χ4n) is 3.29. The fourth-order valence-corrected chi connectivity index (χ4v) is 3.29. The van der Waals surface area contributed by atoms with Crippen LogP contribution in [0.4, 0.5) is 0 Å². The van der Waals surface area contributed by atoms with Crippen LogP contribution in [0.3, 0.4) is 0 Å². The molecule has 0 aliphatic heterocycles. The van der Waals surface area contributed by atoms with Crippen LogP contribution in [0, 0.1) is 0 Å². The molecule has 4 nitrogen and oxygen atoms in total. The summed E-state index contributed by atoms with van der Waals surface area (Å²) in [5, 5.41) is 0. The molecule has 0 bridgehead atoms. The molecule has 25 heavy (non-hydrogen) atoms. The van der Waals surface area contributed by atoms with Crippen LogP contribution in [0.15, 0.2) is 42.5 Å². The summed E-state index contributed by atoms with van der Waals surface area (Å²) in [5.41, 5.74) is 3.70. The zero-order valence-corrected chi connectivity index (χ0v) is 14.8. The number of esters is 1. The van der Waals surface area contributed by atoms with Gasteiger partial charge in [0.25, 0.3) is 0 Å². The summed E-state index contributed by atoms with van der Waals surface area (Å²) in [5.74, 6) is 1.23. The predicted octanol–water partition coefficient (Wildman–Crippen LogP) is 3.74. The van der Waals surface area contributed by atoms with Gasteiger partial charge in [0.2, 0.25) is 0 Å². The maximum Gasteiger partial charge on any atom is 0.306 e. The van der Waals surface area contributed by atoms with Gasteiger partial charge in [-0.15, -0.1) is 0 Å². The molecule has 0 radical (unpaired) electrons. The third-order valence-corrected chi connectivity index (χ3v) is 4.67. The minimum atomic E-state index is -0.140. The maximum atomic E-state index is 12.2. The zero-order valence-electron chi connectivity index (χ0n) is 14.8. The first-order valence-electron chi connectivity index (χ1n) is 8.66. The second-order valence-corrected chi connectivity index (χ2v) is 6.31. The summed E-state index contributed by atoms with van der Waals surface area (Å²) in [6.45, 7) is 0. The van der Waals surface area contributed by atoms with E-state index in [0.717, 1.165) is 24.8 Å². The SMILES string of the molecule is COc1ccc(CCC(=O)OC2CCc3ccccc3C2)cc1OC. The molecule has 0 spiro atoms. The van der Waals surface area contributed by atoms with Gasteiger partial charge in [-0.2, -0.15) is 0 Å². The van der Waals surface area contributed by atoms with E-state index in [1.807, 2.05) is 24.3 Å². The van der Waals surface area contributed by atoms with Crippen molar-refractivity contribution in [3.63, 3.8) is 0 Å². The molecule has 2 aromatic carbocycles. The number of carbonyl (C=O) groups is 1. The summed E-state index contributed by atoms with van der Waals surface area (Å²) >= 11 is 0. The summed E-state index contributed by atoms with van der Waals surface area (Å²) in [4.78, 5) is 12.2. The van der Waals surface area contributed by atoms with Crippen molar-refractivity contribution in [2.75, 3.05) is 14.2 Å². The van der Waals surface area contributed by atoms with E-state index in [2.05, 4.69) is 18.2 Å². The summed E-state index contributed by atoms with van der Waals surface area (Å²) in [6.07, 6.45) is 3.69. The molecule has 132 valence electrons. The van der Waals surface area contributed by atoms with Crippen LogP contribution in [0.1, 0.15) is 29.5 Å². The van der Waals surface area contributed by atoms with E-state index in [-0.39, 0.29) is 12.1 Å². The molecule has 0 aromatic heterocycles. The molecular weight excluding hydrogens is 316 g/mol. The quantitative estimate of drug-likeness (QED) is 0.752. The lowest BCUT2D eigenvalue weighted by molar-refractivity contribution is -0.149. The monoisotopic (exact) mass is 340 g/mol. The highest BCUT2D eigenvalue weighted by Gasteiger charge is 2.21. The topological polar surface area (TPSA) is 44.8 Å². The first kappa shape index (κ1) is 17.3. The van der Waals surface area contributed by atoms with E-state index < -0.39 is 0 Å². The van der Waals surface area contributed by atoms with Gasteiger partial charge in [0, 0.05) is 12.8 Å². The van der Waals surface area contributed by atoms with E-state index >= 15 is 0 Å². The lowest BCUT2D eigenvalue weighted by atomic mass is 9.90. The Labute approximate surface area is 148 Å². The number of carbonyl (C=O) groups excluding carboxylic acids is 1. The van der Waals surface area contributed by atoms with E-state index in [0.29, 0.717) is 24.3 Å². The molecule has 0 saturated carbocycles. The highest BCUT2D eigenvalue weighted by Crippen LogP contribution is 2.28. The van der Waals surface area contributed by atoms with Crippen molar-refractivity contribution in [1.82, 2.24) is 0 Å². The molecule has 1 unspecified atom stereocenters. The summed E-state index contributed by atoms with van der Waals surface area (Å²) in [6, 6.07) is 14.1. The third-order valence-electron chi connectivity index (χ3n) is 4.67. The molecule has 0 amide bonds. The van der Waals surface area contributed by atoms with Crippen molar-refractivity contribution in [3.8, 4) is 11.5 Å². The Bertz CT molecular complexity index is 738. The predicted molar refractivity (Wildman–Crippen MR) is 96.2 cm³/mol. The van der Waals surface area contributed by atoms with Crippen LogP contribution < -0.4 is 9.47 Å². The van der Waals surface area contributed by atoms with E-state index in [1.54, 1.807) is 14.2 Å². The number of methoxy groups -OCH3 is 2. The Morgan fingerprint density at radius 2 is 1.80 bits per heavy atom. The molecule has 0 saturated heterocycles. The number of fused-ring (bicyclic) bond motifs is 1. The first-order chi connectivity index (χ1) is 12.2. The Hall–Kier alpha value is -2.49. The zero-order chi connectivity index (χ0) is 17.6. The van der Waals surface area contributed by atoms with Crippen molar-refractivity contribution < 1.29 is 19.0 Å². The van der Waals surface area contributed by atoms with Gasteiger partial charge in [-0.1, -0.05) is 30.3 Å². The molecule has 3 rings (SSSR count). The fraction of sp³-hybridized carbons (Fsp3) is 0.381. The van der Waals surface area contributed by atoms with Crippen LogP contribution in [-0.4, -0.2) is 26.3 Å². The largest absolute Gasteiger partial charge is 0.493 e. The van der Waals surface area contributed by atoms with Crippen LogP contribution >= 0.6 is 0 Å². The van der Waals surface area contributed by atoms with Gasteiger partial charge in [0.05, 0.1) is 14.2 Å². The standard InChI is InChI=1S/C21H24O4/c1-23-19-11-7-15(13-20(19)24-2)8-12-21(22)25-18-10-9-16-5-3-4-6-17(16)14-18/h3-7,11,13,18H,8-10,12,14H2,1-2H3. The second-order valence-electron chi connectivity index (χ2n) is 6.31. The number of hydrogen-bond acceptors (Lipinski definition) is 4. The number of aryl methyl sites for hydroxylation is 2. The number of benzene rings is 2. The van der Waals surface area contributed by atoms with Gasteiger partial charge in [-0.05, 0) is 48.1 Å². The number of ether oxygens (including phenoxy) is 3. The van der Waals surface area contributed by atoms with Gasteiger partial charge in [-0.3, -0.25) is 4.79 Å². The third kappa shape index (κ3) is 4.32. The van der Waals surface area contributed by atoms with Crippen LogP contribution in [-0.2, 0) is 28.8 Å².